The zero-order valence-electron chi connectivity index (χ0n) is 20.8. The standard InChI is InChI=1S/C23H32FN3O3.C2HF3O2/c1-27(2)23(17-4-3-5-18(24)13-17)8-6-22(7-9-23)14-19(25-26-22)16-10-15(11-16)12-20(28)21(29)30;3-2(4,5)1(6)7/h3-5,13,15-16,19,25-26H,6-12,14H2,1-2H3,(H,29,30);(H,6,7). The summed E-state index contributed by atoms with van der Waals surface area (Å²) in [5.74, 6) is -4.23. The van der Waals surface area contributed by atoms with Crippen LogP contribution < -0.4 is 10.9 Å². The Labute approximate surface area is 212 Å². The van der Waals surface area contributed by atoms with Gasteiger partial charge in [-0.1, -0.05) is 12.1 Å². The zero-order valence-corrected chi connectivity index (χ0v) is 20.8. The van der Waals surface area contributed by atoms with E-state index in [1.54, 1.807) is 12.1 Å². The zero-order chi connectivity index (χ0) is 27.6. The van der Waals surface area contributed by atoms with Crippen LogP contribution in [-0.2, 0) is 19.9 Å². The molecule has 0 amide bonds. The van der Waals surface area contributed by atoms with Crippen molar-refractivity contribution in [1.82, 2.24) is 15.8 Å². The van der Waals surface area contributed by atoms with Crippen LogP contribution in [0.5, 0.6) is 0 Å². The van der Waals surface area contributed by atoms with Gasteiger partial charge in [-0.2, -0.15) is 13.2 Å². The lowest BCUT2D eigenvalue weighted by atomic mass is 9.64. The lowest BCUT2D eigenvalue weighted by Crippen LogP contribution is -2.53. The van der Waals surface area contributed by atoms with Gasteiger partial charge in [0.15, 0.2) is 0 Å². The second kappa shape index (κ2) is 11.0. The Kier molecular flexibility index (Phi) is 8.65. The van der Waals surface area contributed by atoms with Crippen LogP contribution in [-0.4, -0.2) is 64.7 Å². The Bertz CT molecular complexity index is 1000. The van der Waals surface area contributed by atoms with Crippen molar-refractivity contribution in [3.8, 4) is 0 Å². The summed E-state index contributed by atoms with van der Waals surface area (Å²) in [7, 11) is 4.16. The third-order valence-electron chi connectivity index (χ3n) is 8.18. The van der Waals surface area contributed by atoms with E-state index >= 15 is 0 Å². The first-order chi connectivity index (χ1) is 17.2. The Morgan fingerprint density at radius 1 is 1.08 bits per heavy atom. The minimum atomic E-state index is -5.08. The Hall–Kier alpha value is -2.57. The number of hydrazine groups is 1. The average Bonchev–Trinajstić information content (AvgIpc) is 3.19. The predicted molar refractivity (Wildman–Crippen MR) is 125 cm³/mol. The van der Waals surface area contributed by atoms with Crippen LogP contribution in [0.1, 0.15) is 56.9 Å². The number of aliphatic carboxylic acids is 2. The molecule has 4 N–H and O–H groups in total. The highest BCUT2D eigenvalue weighted by molar-refractivity contribution is 6.32. The molecular formula is C25H33F4N3O5. The number of Topliss-reactive ketones (excluding diaryl/α,β-unsaturated/α-hetero) is 1. The molecule has 0 aromatic heterocycles. The number of rotatable bonds is 6. The first-order valence-electron chi connectivity index (χ1n) is 12.2. The molecule has 37 heavy (non-hydrogen) atoms. The molecule has 3 fully saturated rings. The number of benzene rings is 1. The quantitative estimate of drug-likeness (QED) is 0.326. The molecule has 0 bridgehead atoms. The first kappa shape index (κ1) is 29.0. The summed E-state index contributed by atoms with van der Waals surface area (Å²) in [5.41, 5.74) is 8.04. The van der Waals surface area contributed by atoms with Gasteiger partial charge in [-0.15, -0.1) is 0 Å². The lowest BCUT2D eigenvalue weighted by molar-refractivity contribution is -0.192. The van der Waals surface area contributed by atoms with E-state index in [9.17, 15) is 27.2 Å². The highest BCUT2D eigenvalue weighted by atomic mass is 19.4. The van der Waals surface area contributed by atoms with E-state index < -0.39 is 23.9 Å². The number of carbonyl (C=O) groups is 3. The molecule has 1 saturated heterocycles. The third-order valence-corrected chi connectivity index (χ3v) is 8.18. The normalized spacial score (nSPS) is 31.4. The van der Waals surface area contributed by atoms with Gasteiger partial charge in [0, 0.05) is 23.5 Å². The van der Waals surface area contributed by atoms with E-state index in [2.05, 4.69) is 29.8 Å². The molecule has 206 valence electrons. The highest BCUT2D eigenvalue weighted by Gasteiger charge is 2.50. The summed E-state index contributed by atoms with van der Waals surface area (Å²) in [5, 5.41) is 15.9. The molecule has 1 aromatic carbocycles. The fraction of sp³-hybridized carbons (Fsp3) is 0.640. The maximum atomic E-state index is 13.9. The largest absolute Gasteiger partial charge is 0.490 e. The van der Waals surface area contributed by atoms with E-state index in [-0.39, 0.29) is 29.2 Å². The average molecular weight is 532 g/mol. The Morgan fingerprint density at radius 2 is 1.68 bits per heavy atom. The third kappa shape index (κ3) is 6.66. The van der Waals surface area contributed by atoms with Crippen LogP contribution in [0, 0.1) is 17.7 Å². The molecule has 1 aromatic rings. The second-order valence-corrected chi connectivity index (χ2v) is 10.6. The van der Waals surface area contributed by atoms with Gasteiger partial charge >= 0.3 is 18.1 Å². The summed E-state index contributed by atoms with van der Waals surface area (Å²) in [6.45, 7) is 0. The molecule has 0 radical (unpaired) electrons. The first-order valence-corrected chi connectivity index (χ1v) is 12.2. The van der Waals surface area contributed by atoms with Crippen LogP contribution in [0.2, 0.25) is 0 Å². The SMILES string of the molecule is CN(C)C1(c2cccc(F)c2)CCC2(CC1)CC(C1CC(CC(=O)C(=O)O)C1)NN2.O=C(O)C(F)(F)F. The van der Waals surface area contributed by atoms with E-state index in [1.165, 1.54) is 6.07 Å². The molecule has 1 spiro atoms. The predicted octanol–water partition coefficient (Wildman–Crippen LogP) is 3.47. The highest BCUT2D eigenvalue weighted by Crippen LogP contribution is 2.49. The molecule has 12 heteroatoms. The van der Waals surface area contributed by atoms with Crippen molar-refractivity contribution in [2.45, 2.75) is 74.7 Å². The van der Waals surface area contributed by atoms with Crippen LogP contribution in [0.15, 0.2) is 24.3 Å². The molecule has 3 aliphatic rings. The van der Waals surface area contributed by atoms with Crippen molar-refractivity contribution in [2.24, 2.45) is 11.8 Å². The van der Waals surface area contributed by atoms with Gasteiger partial charge in [-0.3, -0.25) is 20.5 Å². The van der Waals surface area contributed by atoms with Gasteiger partial charge < -0.3 is 10.2 Å². The molecule has 2 saturated carbocycles. The van der Waals surface area contributed by atoms with E-state index in [0.717, 1.165) is 50.5 Å². The second-order valence-electron chi connectivity index (χ2n) is 10.6. The fourth-order valence-corrected chi connectivity index (χ4v) is 5.93. The molecule has 8 nitrogen and oxygen atoms in total. The summed E-state index contributed by atoms with van der Waals surface area (Å²) in [6.07, 6.45) is 1.91. The smallest absolute Gasteiger partial charge is 0.476 e. The van der Waals surface area contributed by atoms with Gasteiger partial charge in [0.05, 0.1) is 0 Å². The number of carbonyl (C=O) groups excluding carboxylic acids is 1. The minimum Gasteiger partial charge on any atom is -0.476 e. The summed E-state index contributed by atoms with van der Waals surface area (Å²) in [6, 6.07) is 7.38. The van der Waals surface area contributed by atoms with Gasteiger partial charge in [0.1, 0.15) is 5.82 Å². The monoisotopic (exact) mass is 531 g/mol. The van der Waals surface area contributed by atoms with Crippen molar-refractivity contribution in [1.29, 1.82) is 0 Å². The van der Waals surface area contributed by atoms with Gasteiger partial charge in [-0.25, -0.2) is 14.0 Å². The Balaban J connectivity index is 0.000000479. The van der Waals surface area contributed by atoms with E-state index in [4.69, 9.17) is 15.0 Å². The molecular weight excluding hydrogens is 498 g/mol. The fourth-order valence-electron chi connectivity index (χ4n) is 5.93. The maximum Gasteiger partial charge on any atom is 0.490 e. The van der Waals surface area contributed by atoms with Crippen LogP contribution >= 0.6 is 0 Å². The lowest BCUT2D eigenvalue weighted by Gasteiger charge is -2.49. The number of alkyl halides is 3. The van der Waals surface area contributed by atoms with E-state index in [1.807, 2.05) is 6.07 Å². The van der Waals surface area contributed by atoms with Crippen LogP contribution in [0.25, 0.3) is 0 Å². The van der Waals surface area contributed by atoms with Crippen molar-refractivity contribution in [3.63, 3.8) is 0 Å². The molecule has 4 rings (SSSR count). The number of carboxylic acids is 2. The number of halogens is 4. The molecule has 1 heterocycles. The van der Waals surface area contributed by atoms with Crippen molar-refractivity contribution in [3.05, 3.63) is 35.6 Å². The molecule has 1 aliphatic heterocycles. The number of nitrogens with one attached hydrogen (secondary N) is 2. The number of carboxylic acid groups (broad SMARTS) is 2. The Morgan fingerprint density at radius 3 is 2.16 bits per heavy atom. The summed E-state index contributed by atoms with van der Waals surface area (Å²) >= 11 is 0. The number of hydrogen-bond donors (Lipinski definition) is 4. The van der Waals surface area contributed by atoms with E-state index in [0.29, 0.717) is 12.0 Å². The van der Waals surface area contributed by atoms with Gasteiger partial charge in [-0.05, 0) is 88.6 Å². The van der Waals surface area contributed by atoms with Crippen LogP contribution in [0.3, 0.4) is 0 Å². The molecule has 1 atom stereocenters. The summed E-state index contributed by atoms with van der Waals surface area (Å²) in [4.78, 5) is 33.3. The number of ketones is 1. The number of hydrogen-bond acceptors (Lipinski definition) is 6. The molecule has 1 unspecified atom stereocenters. The minimum absolute atomic E-state index is 0.0550. The summed E-state index contributed by atoms with van der Waals surface area (Å²) < 4.78 is 45.6. The number of nitrogens with zero attached hydrogens (tertiary/aromatic N) is 1. The van der Waals surface area contributed by atoms with Gasteiger partial charge in [0.2, 0.25) is 5.78 Å². The maximum absolute atomic E-state index is 13.9. The van der Waals surface area contributed by atoms with Crippen molar-refractivity contribution in [2.75, 3.05) is 14.1 Å². The van der Waals surface area contributed by atoms with Crippen molar-refractivity contribution >= 4 is 17.7 Å². The van der Waals surface area contributed by atoms with Crippen LogP contribution in [0.4, 0.5) is 17.6 Å². The topological polar surface area (TPSA) is 119 Å². The van der Waals surface area contributed by atoms with Crippen molar-refractivity contribution < 1.29 is 42.2 Å². The molecule has 2 aliphatic carbocycles. The van der Waals surface area contributed by atoms with Gasteiger partial charge in [0.25, 0.3) is 0 Å².